The van der Waals surface area contributed by atoms with E-state index in [-0.39, 0.29) is 11.9 Å². The molecule has 0 unspecified atom stereocenters. The van der Waals surface area contributed by atoms with E-state index in [0.717, 1.165) is 40.8 Å². The van der Waals surface area contributed by atoms with Crippen LogP contribution in [0.25, 0.3) is 22.3 Å². The van der Waals surface area contributed by atoms with E-state index < -0.39 is 0 Å². The van der Waals surface area contributed by atoms with Crippen molar-refractivity contribution in [2.75, 3.05) is 7.05 Å². The number of amides is 1. The van der Waals surface area contributed by atoms with Gasteiger partial charge < -0.3 is 10.2 Å². The third-order valence-electron chi connectivity index (χ3n) is 7.20. The van der Waals surface area contributed by atoms with E-state index in [1.54, 1.807) is 0 Å². The van der Waals surface area contributed by atoms with E-state index in [4.69, 9.17) is 4.98 Å². The molecule has 31 heavy (non-hydrogen) atoms. The molecule has 3 aromatic rings. The predicted molar refractivity (Wildman–Crippen MR) is 123 cm³/mol. The van der Waals surface area contributed by atoms with Crippen LogP contribution in [-0.4, -0.2) is 50.7 Å². The Kier molecular flexibility index (Phi) is 5.05. The smallest absolute Gasteiger partial charge is 0.252 e. The number of benzene rings is 1. The summed E-state index contributed by atoms with van der Waals surface area (Å²) in [4.78, 5) is 21.0. The van der Waals surface area contributed by atoms with Crippen molar-refractivity contribution in [3.8, 4) is 11.3 Å². The molecule has 0 saturated carbocycles. The number of pyridine rings is 1. The summed E-state index contributed by atoms with van der Waals surface area (Å²) in [6.45, 7) is 6.81. The molecule has 0 aliphatic carbocycles. The number of carbonyl (C=O) groups excluding carboxylic acids is 1. The van der Waals surface area contributed by atoms with E-state index in [2.05, 4.69) is 60.5 Å². The molecule has 0 radical (unpaired) electrons. The van der Waals surface area contributed by atoms with Gasteiger partial charge in [0.15, 0.2) is 5.65 Å². The number of fused-ring (bicyclic) bond motifs is 3. The first-order chi connectivity index (χ1) is 14.9. The van der Waals surface area contributed by atoms with Crippen LogP contribution in [0.3, 0.4) is 0 Å². The van der Waals surface area contributed by atoms with Gasteiger partial charge in [-0.15, -0.1) is 0 Å². The van der Waals surface area contributed by atoms with Gasteiger partial charge in [0.2, 0.25) is 0 Å². The van der Waals surface area contributed by atoms with Crippen LogP contribution in [0.5, 0.6) is 0 Å². The molecule has 5 rings (SSSR count). The van der Waals surface area contributed by atoms with Gasteiger partial charge in [-0.05, 0) is 59.6 Å². The minimum Gasteiger partial charge on any atom is -0.349 e. The summed E-state index contributed by atoms with van der Waals surface area (Å²) >= 11 is 0. The molecule has 2 atom stereocenters. The quantitative estimate of drug-likeness (QED) is 0.695. The molecule has 2 bridgehead atoms. The zero-order valence-corrected chi connectivity index (χ0v) is 18.9. The average Bonchev–Trinajstić information content (AvgIpc) is 3.17. The zero-order valence-electron chi connectivity index (χ0n) is 18.9. The molecule has 0 spiro atoms. The predicted octanol–water partition coefficient (Wildman–Crippen LogP) is 4.09. The maximum absolute atomic E-state index is 13.5. The Hall–Kier alpha value is -2.73. The largest absolute Gasteiger partial charge is 0.349 e. The summed E-state index contributed by atoms with van der Waals surface area (Å²) in [5, 5.41) is 8.89. The Bertz CT molecular complexity index is 1120. The first-order valence-electron chi connectivity index (χ1n) is 11.4. The summed E-state index contributed by atoms with van der Waals surface area (Å²) < 4.78 is 1.90. The second-order valence-corrected chi connectivity index (χ2v) is 9.21. The van der Waals surface area contributed by atoms with E-state index in [1.165, 1.54) is 18.4 Å². The number of aromatic nitrogens is 3. The summed E-state index contributed by atoms with van der Waals surface area (Å²) in [5.41, 5.74) is 5.36. The molecular weight excluding hydrogens is 386 g/mol. The van der Waals surface area contributed by atoms with Crippen LogP contribution in [0, 0.1) is 13.8 Å². The molecule has 2 aliphatic rings. The Labute approximate surface area is 183 Å². The van der Waals surface area contributed by atoms with Gasteiger partial charge in [-0.25, -0.2) is 9.67 Å². The summed E-state index contributed by atoms with van der Waals surface area (Å²) in [7, 11) is 2.23. The van der Waals surface area contributed by atoms with Gasteiger partial charge in [0.05, 0.1) is 22.3 Å². The summed E-state index contributed by atoms with van der Waals surface area (Å²) in [6.07, 6.45) is 4.55. The molecule has 1 amide bonds. The highest BCUT2D eigenvalue weighted by molar-refractivity contribution is 6.07. The second kappa shape index (κ2) is 7.75. The van der Waals surface area contributed by atoms with E-state index in [1.807, 2.05) is 17.7 Å². The number of piperidine rings is 1. The van der Waals surface area contributed by atoms with Crippen molar-refractivity contribution in [2.45, 2.75) is 71.1 Å². The number of carbonyl (C=O) groups is 1. The lowest BCUT2D eigenvalue weighted by atomic mass is 9.97. The van der Waals surface area contributed by atoms with E-state index in [0.29, 0.717) is 24.2 Å². The number of rotatable bonds is 4. The molecule has 6 heteroatoms. The van der Waals surface area contributed by atoms with E-state index >= 15 is 0 Å². The van der Waals surface area contributed by atoms with E-state index in [9.17, 15) is 4.79 Å². The highest BCUT2D eigenvalue weighted by Gasteiger charge is 2.39. The van der Waals surface area contributed by atoms with Crippen molar-refractivity contribution in [1.29, 1.82) is 0 Å². The number of aryl methyl sites for hydroxylation is 3. The van der Waals surface area contributed by atoms with Crippen LogP contribution in [0.2, 0.25) is 0 Å². The standard InChI is InChI=1S/C25H31N5O/c1-5-30-24-23(16(3)28-30)21(14-22(27-24)17-8-6-15(2)7-9-17)25(31)26-18-12-19-10-11-20(13-18)29(19)4/h6-9,14,18-20H,5,10-13H2,1-4H3,(H,26,31)/t19-,20-/m1/s1. The molecule has 6 nitrogen and oxygen atoms in total. The summed E-state index contributed by atoms with van der Waals surface area (Å²) in [6, 6.07) is 11.7. The fourth-order valence-electron chi connectivity index (χ4n) is 5.42. The van der Waals surface area contributed by atoms with Gasteiger partial charge in [-0.1, -0.05) is 29.8 Å². The van der Waals surface area contributed by atoms with Crippen molar-refractivity contribution < 1.29 is 4.79 Å². The van der Waals surface area contributed by atoms with Crippen LogP contribution in [0.1, 0.15) is 54.2 Å². The lowest BCUT2D eigenvalue weighted by Crippen LogP contribution is -2.48. The molecule has 1 N–H and O–H groups in total. The third-order valence-corrected chi connectivity index (χ3v) is 7.20. The van der Waals surface area contributed by atoms with Crippen molar-refractivity contribution in [2.24, 2.45) is 0 Å². The average molecular weight is 418 g/mol. The molecule has 4 heterocycles. The van der Waals surface area contributed by atoms with Crippen molar-refractivity contribution in [1.82, 2.24) is 25.0 Å². The monoisotopic (exact) mass is 417 g/mol. The molecule has 2 aliphatic heterocycles. The van der Waals surface area contributed by atoms with Crippen LogP contribution in [0.15, 0.2) is 30.3 Å². The van der Waals surface area contributed by atoms with Gasteiger partial charge in [-0.3, -0.25) is 4.79 Å². The van der Waals surface area contributed by atoms with Crippen LogP contribution in [0.4, 0.5) is 0 Å². The number of nitrogens with zero attached hydrogens (tertiary/aromatic N) is 4. The molecule has 2 aromatic heterocycles. The normalized spacial score (nSPS) is 23.4. The zero-order chi connectivity index (χ0) is 21.7. The highest BCUT2D eigenvalue weighted by Crippen LogP contribution is 2.34. The Morgan fingerprint density at radius 3 is 2.45 bits per heavy atom. The van der Waals surface area contributed by atoms with Gasteiger partial charge in [-0.2, -0.15) is 5.10 Å². The topological polar surface area (TPSA) is 63.1 Å². The van der Waals surface area contributed by atoms with Gasteiger partial charge >= 0.3 is 0 Å². The van der Waals surface area contributed by atoms with Gasteiger partial charge in [0, 0.05) is 30.2 Å². The molecule has 2 saturated heterocycles. The Morgan fingerprint density at radius 2 is 1.81 bits per heavy atom. The lowest BCUT2D eigenvalue weighted by molar-refractivity contribution is 0.0884. The minimum absolute atomic E-state index is 0.00605. The maximum atomic E-state index is 13.5. The van der Waals surface area contributed by atoms with Gasteiger partial charge in [0.1, 0.15) is 0 Å². The van der Waals surface area contributed by atoms with Crippen LogP contribution >= 0.6 is 0 Å². The van der Waals surface area contributed by atoms with Crippen molar-refractivity contribution in [3.05, 3.63) is 47.2 Å². The fourth-order valence-corrected chi connectivity index (χ4v) is 5.42. The first kappa shape index (κ1) is 20.2. The molecule has 162 valence electrons. The molecular formula is C25H31N5O. The SMILES string of the molecule is CCn1nc(C)c2c(C(=O)NC3C[C@H]4CC[C@H](C3)N4C)cc(-c3ccc(C)cc3)nc21. The number of nitrogens with one attached hydrogen (secondary N) is 1. The lowest BCUT2D eigenvalue weighted by Gasteiger charge is -2.36. The first-order valence-corrected chi connectivity index (χ1v) is 11.4. The fraction of sp³-hybridized carbons (Fsp3) is 0.480. The second-order valence-electron chi connectivity index (χ2n) is 9.21. The highest BCUT2D eigenvalue weighted by atomic mass is 16.1. The minimum atomic E-state index is -0.00605. The molecule has 1 aromatic carbocycles. The van der Waals surface area contributed by atoms with Crippen LogP contribution in [-0.2, 0) is 6.54 Å². The molecule has 2 fully saturated rings. The van der Waals surface area contributed by atoms with Gasteiger partial charge in [0.25, 0.3) is 5.91 Å². The maximum Gasteiger partial charge on any atom is 0.252 e. The number of hydrogen-bond acceptors (Lipinski definition) is 4. The third kappa shape index (κ3) is 3.53. The summed E-state index contributed by atoms with van der Waals surface area (Å²) in [5.74, 6) is -0.00605. The van der Waals surface area contributed by atoms with Crippen molar-refractivity contribution in [3.63, 3.8) is 0 Å². The Morgan fingerprint density at radius 1 is 1.13 bits per heavy atom. The number of hydrogen-bond donors (Lipinski definition) is 1. The Balaban J connectivity index is 1.54. The van der Waals surface area contributed by atoms with Crippen molar-refractivity contribution >= 4 is 16.9 Å². The van der Waals surface area contributed by atoms with Crippen LogP contribution < -0.4 is 5.32 Å².